The molecule has 0 aliphatic rings. The molecule has 25 heavy (non-hydrogen) atoms. The highest BCUT2D eigenvalue weighted by molar-refractivity contribution is 7.18. The maximum absolute atomic E-state index is 12.4. The molecule has 0 bridgehead atoms. The van der Waals surface area contributed by atoms with E-state index in [4.69, 9.17) is 4.98 Å². The van der Waals surface area contributed by atoms with Crippen molar-refractivity contribution in [3.63, 3.8) is 0 Å². The number of carbonyl (C=O) groups is 1. The number of hydrogen-bond donors (Lipinski definition) is 1. The van der Waals surface area contributed by atoms with Crippen LogP contribution < -0.4 is 5.32 Å². The fourth-order valence-corrected chi connectivity index (χ4v) is 3.82. The van der Waals surface area contributed by atoms with Crippen LogP contribution in [-0.4, -0.2) is 29.4 Å². The lowest BCUT2D eigenvalue weighted by molar-refractivity contribution is -0.123. The molecule has 3 rings (SSSR count). The van der Waals surface area contributed by atoms with Gasteiger partial charge in [0, 0.05) is 0 Å². The number of para-hydroxylation sites is 1. The highest BCUT2D eigenvalue weighted by atomic mass is 32.1. The quantitative estimate of drug-likeness (QED) is 0.723. The van der Waals surface area contributed by atoms with Crippen molar-refractivity contribution in [2.75, 3.05) is 13.6 Å². The van der Waals surface area contributed by atoms with Crippen LogP contribution in [0.2, 0.25) is 0 Å². The van der Waals surface area contributed by atoms with Gasteiger partial charge < -0.3 is 5.32 Å². The molecule has 5 heteroatoms. The average molecular weight is 353 g/mol. The molecule has 3 aromatic rings. The molecule has 0 spiro atoms. The van der Waals surface area contributed by atoms with Crippen molar-refractivity contribution in [3.05, 3.63) is 65.2 Å². The number of nitrogens with one attached hydrogen (secondary N) is 1. The predicted octanol–water partition coefficient (Wildman–Crippen LogP) is 4.17. The SMILES string of the molecule is C[C@H](NC(=O)CN(C)[C@@H](C)c1nc2ccccc2s1)c1ccccc1. The molecule has 1 N–H and O–H groups in total. The smallest absolute Gasteiger partial charge is 0.234 e. The zero-order valence-electron chi connectivity index (χ0n) is 14.8. The van der Waals surface area contributed by atoms with Gasteiger partial charge in [-0.2, -0.15) is 0 Å². The second-order valence-corrected chi connectivity index (χ2v) is 7.37. The molecule has 0 radical (unpaired) electrons. The third kappa shape index (κ3) is 4.24. The first-order chi connectivity index (χ1) is 12.0. The van der Waals surface area contributed by atoms with Gasteiger partial charge >= 0.3 is 0 Å². The van der Waals surface area contributed by atoms with Crippen LogP contribution in [0.1, 0.15) is 36.5 Å². The molecule has 0 saturated carbocycles. The molecule has 1 heterocycles. The number of fused-ring (bicyclic) bond motifs is 1. The van der Waals surface area contributed by atoms with E-state index in [9.17, 15) is 4.79 Å². The second-order valence-electron chi connectivity index (χ2n) is 6.31. The Kier molecular flexibility index (Phi) is 5.46. The number of thiazole rings is 1. The first-order valence-electron chi connectivity index (χ1n) is 8.44. The van der Waals surface area contributed by atoms with Gasteiger partial charge in [-0.25, -0.2) is 4.98 Å². The summed E-state index contributed by atoms with van der Waals surface area (Å²) in [4.78, 5) is 19.1. The van der Waals surface area contributed by atoms with Crippen molar-refractivity contribution in [1.29, 1.82) is 0 Å². The number of aromatic nitrogens is 1. The number of nitrogens with zero attached hydrogens (tertiary/aromatic N) is 2. The van der Waals surface area contributed by atoms with Crippen LogP contribution in [0.5, 0.6) is 0 Å². The molecule has 2 atom stereocenters. The van der Waals surface area contributed by atoms with Crippen molar-refractivity contribution in [2.24, 2.45) is 0 Å². The van der Waals surface area contributed by atoms with Crippen molar-refractivity contribution in [2.45, 2.75) is 25.9 Å². The van der Waals surface area contributed by atoms with E-state index in [1.54, 1.807) is 11.3 Å². The summed E-state index contributed by atoms with van der Waals surface area (Å²) in [6.45, 7) is 4.43. The number of likely N-dealkylation sites (N-methyl/N-ethyl adjacent to an activating group) is 1. The minimum absolute atomic E-state index is 0.000132. The van der Waals surface area contributed by atoms with Gasteiger partial charge in [-0.1, -0.05) is 42.5 Å². The van der Waals surface area contributed by atoms with Crippen molar-refractivity contribution >= 4 is 27.5 Å². The summed E-state index contributed by atoms with van der Waals surface area (Å²) in [6.07, 6.45) is 0. The van der Waals surface area contributed by atoms with Crippen LogP contribution in [-0.2, 0) is 4.79 Å². The topological polar surface area (TPSA) is 45.2 Å². The summed E-state index contributed by atoms with van der Waals surface area (Å²) >= 11 is 1.69. The molecule has 4 nitrogen and oxygen atoms in total. The highest BCUT2D eigenvalue weighted by Crippen LogP contribution is 2.28. The maximum atomic E-state index is 12.4. The molecule has 2 aromatic carbocycles. The summed E-state index contributed by atoms with van der Waals surface area (Å²) in [6, 6.07) is 18.2. The predicted molar refractivity (Wildman–Crippen MR) is 104 cm³/mol. The lowest BCUT2D eigenvalue weighted by Crippen LogP contribution is -2.37. The third-order valence-electron chi connectivity index (χ3n) is 4.40. The van der Waals surface area contributed by atoms with Crippen LogP contribution in [0.25, 0.3) is 10.2 Å². The third-order valence-corrected chi connectivity index (χ3v) is 5.61. The first-order valence-corrected chi connectivity index (χ1v) is 9.26. The number of rotatable bonds is 6. The lowest BCUT2D eigenvalue weighted by atomic mass is 10.1. The van der Waals surface area contributed by atoms with Gasteiger partial charge in [0.2, 0.25) is 5.91 Å². The van der Waals surface area contributed by atoms with Gasteiger partial charge in [-0.05, 0) is 38.6 Å². The molecular weight excluding hydrogens is 330 g/mol. The minimum Gasteiger partial charge on any atom is -0.348 e. The van der Waals surface area contributed by atoms with Crippen LogP contribution in [0.4, 0.5) is 0 Å². The Labute approximate surface area is 152 Å². The monoisotopic (exact) mass is 353 g/mol. The van der Waals surface area contributed by atoms with Gasteiger partial charge in [-0.3, -0.25) is 9.69 Å². The average Bonchev–Trinajstić information content (AvgIpc) is 3.05. The molecule has 0 fully saturated rings. The zero-order valence-corrected chi connectivity index (χ0v) is 15.6. The van der Waals surface area contributed by atoms with Gasteiger partial charge in [0.05, 0.1) is 28.8 Å². The Morgan fingerprint density at radius 3 is 2.52 bits per heavy atom. The van der Waals surface area contributed by atoms with Crippen LogP contribution in [0.3, 0.4) is 0 Å². The normalized spacial score (nSPS) is 13.8. The molecule has 130 valence electrons. The Morgan fingerprint density at radius 1 is 1.12 bits per heavy atom. The van der Waals surface area contributed by atoms with E-state index in [1.165, 1.54) is 4.70 Å². The van der Waals surface area contributed by atoms with E-state index in [-0.39, 0.29) is 18.0 Å². The zero-order chi connectivity index (χ0) is 17.8. The van der Waals surface area contributed by atoms with Crippen molar-refractivity contribution in [3.8, 4) is 0 Å². The summed E-state index contributed by atoms with van der Waals surface area (Å²) in [5, 5.41) is 4.10. The summed E-state index contributed by atoms with van der Waals surface area (Å²) in [7, 11) is 1.96. The number of hydrogen-bond acceptors (Lipinski definition) is 4. The Bertz CT molecular complexity index is 813. The molecular formula is C20H23N3OS. The fourth-order valence-electron chi connectivity index (χ4n) is 2.73. The molecule has 1 aromatic heterocycles. The minimum atomic E-state index is -0.000132. The van der Waals surface area contributed by atoms with Crippen LogP contribution in [0, 0.1) is 0 Å². The van der Waals surface area contributed by atoms with Gasteiger partial charge in [0.1, 0.15) is 5.01 Å². The maximum Gasteiger partial charge on any atom is 0.234 e. The van der Waals surface area contributed by atoms with E-state index in [0.29, 0.717) is 6.54 Å². The van der Waals surface area contributed by atoms with Crippen molar-refractivity contribution in [1.82, 2.24) is 15.2 Å². The van der Waals surface area contributed by atoms with E-state index < -0.39 is 0 Å². The van der Waals surface area contributed by atoms with Crippen LogP contribution >= 0.6 is 11.3 Å². The molecule has 0 aliphatic heterocycles. The van der Waals surface area contributed by atoms with E-state index in [2.05, 4.69) is 18.3 Å². The number of carbonyl (C=O) groups excluding carboxylic acids is 1. The molecule has 0 saturated heterocycles. The summed E-state index contributed by atoms with van der Waals surface area (Å²) in [5.74, 6) is 0.0202. The lowest BCUT2D eigenvalue weighted by Gasteiger charge is -2.23. The van der Waals surface area contributed by atoms with Gasteiger partial charge in [-0.15, -0.1) is 11.3 Å². The molecule has 1 amide bonds. The van der Waals surface area contributed by atoms with Gasteiger partial charge in [0.15, 0.2) is 0 Å². The number of benzene rings is 2. The molecule has 0 aliphatic carbocycles. The molecule has 0 unspecified atom stereocenters. The van der Waals surface area contributed by atoms with E-state index in [0.717, 1.165) is 16.1 Å². The summed E-state index contributed by atoms with van der Waals surface area (Å²) in [5.41, 5.74) is 2.13. The standard InChI is InChI=1S/C20H23N3OS/c1-14(16-9-5-4-6-10-16)21-19(24)13-23(3)15(2)20-22-17-11-7-8-12-18(17)25-20/h4-12,14-15H,13H2,1-3H3,(H,21,24)/t14-,15-/m0/s1. The first kappa shape index (κ1) is 17.6. The summed E-state index contributed by atoms with van der Waals surface area (Å²) < 4.78 is 1.18. The van der Waals surface area contributed by atoms with Gasteiger partial charge in [0.25, 0.3) is 0 Å². The Balaban J connectivity index is 1.60. The van der Waals surface area contributed by atoms with Crippen molar-refractivity contribution < 1.29 is 4.79 Å². The number of amides is 1. The van der Waals surface area contributed by atoms with E-state index >= 15 is 0 Å². The second kappa shape index (κ2) is 7.76. The van der Waals surface area contributed by atoms with E-state index in [1.807, 2.05) is 67.4 Å². The van der Waals surface area contributed by atoms with Crippen LogP contribution in [0.15, 0.2) is 54.6 Å². The largest absolute Gasteiger partial charge is 0.348 e. The fraction of sp³-hybridized carbons (Fsp3) is 0.300. The highest BCUT2D eigenvalue weighted by Gasteiger charge is 2.19. The Hall–Kier alpha value is -2.24. The Morgan fingerprint density at radius 2 is 1.80 bits per heavy atom.